The van der Waals surface area contributed by atoms with E-state index in [2.05, 4.69) is 0 Å². The molecule has 0 saturated carbocycles. The first-order valence-electron chi connectivity index (χ1n) is 12.2. The van der Waals surface area contributed by atoms with Crippen LogP contribution in [0.4, 0.5) is 26.3 Å². The molecule has 41 heavy (non-hydrogen) atoms. The Bertz CT molecular complexity index is 1200. The van der Waals surface area contributed by atoms with Gasteiger partial charge in [0, 0.05) is 0 Å². The molecule has 0 radical (unpaired) electrons. The van der Waals surface area contributed by atoms with Gasteiger partial charge in [0.05, 0.1) is 48.7 Å². The number of carbonyl (C=O) groups excluding carboxylic acids is 4. The molecule has 0 aliphatic carbocycles. The van der Waals surface area contributed by atoms with Crippen LogP contribution in [0.25, 0.3) is 0 Å². The quantitative estimate of drug-likeness (QED) is 0.194. The maximum Gasteiger partial charge on any atom is 0.411 e. The first-order chi connectivity index (χ1) is 19.1. The Kier molecular flexibility index (Phi) is 10.5. The third kappa shape index (κ3) is 6.46. The third-order valence-electron chi connectivity index (χ3n) is 5.74. The second kappa shape index (κ2) is 13.0. The van der Waals surface area contributed by atoms with Gasteiger partial charge >= 0.3 is 36.2 Å². The molecule has 0 heterocycles. The largest absolute Gasteiger partial charge is 0.462 e. The van der Waals surface area contributed by atoms with Crippen LogP contribution in [0, 0.1) is 0 Å². The molecule has 0 unspecified atom stereocenters. The smallest absolute Gasteiger partial charge is 0.411 e. The summed E-state index contributed by atoms with van der Waals surface area (Å²) < 4.78 is 108. The molecule has 0 N–H and O–H groups in total. The van der Waals surface area contributed by atoms with E-state index in [1.807, 2.05) is 0 Å². The fraction of sp³-hybridized carbons (Fsp3) is 0.407. The van der Waals surface area contributed by atoms with Crippen molar-refractivity contribution in [2.45, 2.75) is 45.5 Å². The third-order valence-corrected chi connectivity index (χ3v) is 5.74. The predicted octanol–water partition coefficient (Wildman–Crippen LogP) is 5.80. The summed E-state index contributed by atoms with van der Waals surface area (Å²) in [6, 6.07) is 2.41. The van der Waals surface area contributed by atoms with Crippen molar-refractivity contribution in [1.82, 2.24) is 0 Å². The van der Waals surface area contributed by atoms with E-state index in [1.165, 1.54) is 27.7 Å². The summed E-state index contributed by atoms with van der Waals surface area (Å²) in [5, 5.41) is 0. The summed E-state index contributed by atoms with van der Waals surface area (Å²) in [4.78, 5) is 49.9. The van der Waals surface area contributed by atoms with Gasteiger partial charge in [0.2, 0.25) is 5.41 Å². The van der Waals surface area contributed by atoms with Crippen molar-refractivity contribution in [1.29, 1.82) is 0 Å². The Hall–Kier alpha value is -4.10. The molecule has 2 aromatic carbocycles. The Balaban J connectivity index is 3.06. The number of alkyl halides is 6. The molecule has 0 aliphatic heterocycles. The maximum absolute atomic E-state index is 14.8. The van der Waals surface area contributed by atoms with E-state index in [1.54, 1.807) is 0 Å². The highest BCUT2D eigenvalue weighted by Crippen LogP contribution is 2.56. The van der Waals surface area contributed by atoms with Gasteiger partial charge in [-0.15, -0.1) is 0 Å². The van der Waals surface area contributed by atoms with E-state index in [4.69, 9.17) is 18.9 Å². The Morgan fingerprint density at radius 1 is 0.512 bits per heavy atom. The number of hydrogen-bond donors (Lipinski definition) is 0. The van der Waals surface area contributed by atoms with Gasteiger partial charge in [0.1, 0.15) is 0 Å². The highest BCUT2D eigenvalue weighted by Gasteiger charge is 2.72. The van der Waals surface area contributed by atoms with E-state index >= 15 is 0 Å². The van der Waals surface area contributed by atoms with Crippen LogP contribution in [0.3, 0.4) is 0 Å². The standard InChI is InChI=1S/C27H26F6O8/c1-5-38-21(34)17-11-9-15(13-19(17)23(36)40-7-3)25(26(28,29)30,27(31,32)33)16-10-12-18(22(35)39-6-2)20(14-16)24(37)41-8-4/h9-14H,5-8H2,1-4H3. The molecule has 2 rings (SSSR count). The Morgan fingerprint density at radius 2 is 0.780 bits per heavy atom. The lowest BCUT2D eigenvalue weighted by Gasteiger charge is -2.38. The Morgan fingerprint density at radius 3 is 1.02 bits per heavy atom. The normalized spacial score (nSPS) is 12.0. The van der Waals surface area contributed by atoms with Crippen LogP contribution in [-0.4, -0.2) is 62.7 Å². The summed E-state index contributed by atoms with van der Waals surface area (Å²) in [5.41, 5.74) is -11.0. The van der Waals surface area contributed by atoms with E-state index in [9.17, 15) is 45.5 Å². The maximum atomic E-state index is 14.8. The summed E-state index contributed by atoms with van der Waals surface area (Å²) in [5.74, 6) is -5.12. The first kappa shape index (κ1) is 33.1. The molecule has 0 amide bonds. The number of ether oxygens (including phenoxy) is 4. The van der Waals surface area contributed by atoms with Gasteiger partial charge in [-0.3, -0.25) is 0 Å². The Labute approximate surface area is 230 Å². The highest BCUT2D eigenvalue weighted by molar-refractivity contribution is 6.04. The molecule has 0 fully saturated rings. The van der Waals surface area contributed by atoms with Crippen molar-refractivity contribution in [3.8, 4) is 0 Å². The summed E-state index contributed by atoms with van der Waals surface area (Å²) in [7, 11) is 0. The molecule has 0 saturated heterocycles. The molecule has 14 heteroatoms. The fourth-order valence-corrected chi connectivity index (χ4v) is 4.07. The molecule has 0 spiro atoms. The molecule has 8 nitrogen and oxygen atoms in total. The average Bonchev–Trinajstić information content (AvgIpc) is 2.87. The number of carbonyl (C=O) groups is 4. The molecular weight excluding hydrogens is 566 g/mol. The van der Waals surface area contributed by atoms with Gasteiger partial charge in [-0.05, 0) is 63.1 Å². The fourth-order valence-electron chi connectivity index (χ4n) is 4.07. The number of benzene rings is 2. The minimum Gasteiger partial charge on any atom is -0.462 e. The SMILES string of the molecule is CCOC(=O)c1ccc(C(c2ccc(C(=O)OCC)c(C(=O)OCC)c2)(C(F)(F)F)C(F)(F)F)cc1C(=O)OCC. The van der Waals surface area contributed by atoms with E-state index in [0.29, 0.717) is 24.3 Å². The summed E-state index contributed by atoms with van der Waals surface area (Å²) in [6.45, 7) is 4.43. The molecule has 0 aromatic heterocycles. The zero-order valence-electron chi connectivity index (χ0n) is 22.3. The van der Waals surface area contributed by atoms with Crippen molar-refractivity contribution in [2.75, 3.05) is 26.4 Å². The number of esters is 4. The van der Waals surface area contributed by atoms with Crippen LogP contribution >= 0.6 is 0 Å². The molecule has 0 aliphatic rings. The summed E-state index contributed by atoms with van der Waals surface area (Å²) in [6.07, 6.45) is -12.3. The van der Waals surface area contributed by atoms with Crippen molar-refractivity contribution in [3.05, 3.63) is 69.8 Å². The minimum atomic E-state index is -6.14. The van der Waals surface area contributed by atoms with Crippen molar-refractivity contribution < 1.29 is 64.5 Å². The number of rotatable bonds is 10. The molecule has 2 aromatic rings. The van der Waals surface area contributed by atoms with Gasteiger partial charge in [-0.25, -0.2) is 19.2 Å². The highest BCUT2D eigenvalue weighted by atomic mass is 19.4. The van der Waals surface area contributed by atoms with E-state index in [0.717, 1.165) is 0 Å². The summed E-state index contributed by atoms with van der Waals surface area (Å²) >= 11 is 0. The molecular formula is C27H26F6O8. The van der Waals surface area contributed by atoms with Crippen molar-refractivity contribution in [3.63, 3.8) is 0 Å². The number of halogens is 6. The lowest BCUT2D eigenvalue weighted by Crippen LogP contribution is -2.55. The topological polar surface area (TPSA) is 105 Å². The van der Waals surface area contributed by atoms with Crippen LogP contribution in [0.15, 0.2) is 36.4 Å². The van der Waals surface area contributed by atoms with Crippen LogP contribution in [0.2, 0.25) is 0 Å². The zero-order valence-corrected chi connectivity index (χ0v) is 22.3. The van der Waals surface area contributed by atoms with Gasteiger partial charge in [-0.2, -0.15) is 26.3 Å². The number of hydrogen-bond acceptors (Lipinski definition) is 8. The van der Waals surface area contributed by atoms with Crippen LogP contribution < -0.4 is 0 Å². The van der Waals surface area contributed by atoms with Gasteiger partial charge in [0.25, 0.3) is 0 Å². The van der Waals surface area contributed by atoms with Crippen molar-refractivity contribution >= 4 is 23.9 Å². The van der Waals surface area contributed by atoms with Crippen LogP contribution in [0.1, 0.15) is 80.3 Å². The molecule has 0 atom stereocenters. The monoisotopic (exact) mass is 592 g/mol. The van der Waals surface area contributed by atoms with Gasteiger partial charge in [-0.1, -0.05) is 12.1 Å². The van der Waals surface area contributed by atoms with Gasteiger partial charge < -0.3 is 18.9 Å². The second-order valence-corrected chi connectivity index (χ2v) is 8.15. The lowest BCUT2D eigenvalue weighted by atomic mass is 9.71. The predicted molar refractivity (Wildman–Crippen MR) is 130 cm³/mol. The zero-order chi connectivity index (χ0) is 31.2. The average molecular weight is 592 g/mol. The first-order valence-corrected chi connectivity index (χ1v) is 12.2. The second-order valence-electron chi connectivity index (χ2n) is 8.15. The van der Waals surface area contributed by atoms with E-state index < -0.39 is 75.0 Å². The van der Waals surface area contributed by atoms with E-state index in [-0.39, 0.29) is 38.6 Å². The van der Waals surface area contributed by atoms with Crippen LogP contribution in [0.5, 0.6) is 0 Å². The molecule has 224 valence electrons. The minimum absolute atomic E-state index is 0.207. The van der Waals surface area contributed by atoms with Crippen LogP contribution in [-0.2, 0) is 24.4 Å². The van der Waals surface area contributed by atoms with Crippen molar-refractivity contribution in [2.24, 2.45) is 0 Å². The molecule has 0 bridgehead atoms. The lowest BCUT2D eigenvalue weighted by molar-refractivity contribution is -0.288. The van der Waals surface area contributed by atoms with Gasteiger partial charge in [0.15, 0.2) is 0 Å².